The van der Waals surface area contributed by atoms with Crippen molar-refractivity contribution in [2.75, 3.05) is 6.54 Å². The second kappa shape index (κ2) is 7.77. The standard InChI is InChI=1S/C19H23N3O/c23-19(21-14-12-17-11-4-5-13-20-17)22-18(16-9-6-10-16)15-7-2-1-3-8-15/h1-5,7-8,11,13,16,18H,6,9-10,12,14H2,(H2,21,22,23). The van der Waals surface area contributed by atoms with Crippen molar-refractivity contribution in [3.63, 3.8) is 0 Å². The van der Waals surface area contributed by atoms with Gasteiger partial charge in [0.15, 0.2) is 0 Å². The van der Waals surface area contributed by atoms with E-state index in [4.69, 9.17) is 0 Å². The number of urea groups is 1. The third-order valence-electron chi connectivity index (χ3n) is 4.46. The number of aromatic nitrogens is 1. The Morgan fingerprint density at radius 3 is 2.57 bits per heavy atom. The number of carbonyl (C=O) groups excluding carboxylic acids is 1. The molecule has 23 heavy (non-hydrogen) atoms. The van der Waals surface area contributed by atoms with Crippen molar-refractivity contribution >= 4 is 6.03 Å². The normalized spacial score (nSPS) is 15.5. The van der Waals surface area contributed by atoms with Crippen LogP contribution in [0, 0.1) is 5.92 Å². The lowest BCUT2D eigenvalue weighted by Crippen LogP contribution is -2.42. The van der Waals surface area contributed by atoms with Crippen LogP contribution in [0.2, 0.25) is 0 Å². The number of nitrogens with one attached hydrogen (secondary N) is 2. The van der Waals surface area contributed by atoms with Crippen molar-refractivity contribution in [2.24, 2.45) is 5.92 Å². The van der Waals surface area contributed by atoms with Gasteiger partial charge in [-0.1, -0.05) is 42.8 Å². The van der Waals surface area contributed by atoms with Gasteiger partial charge in [0.2, 0.25) is 0 Å². The molecule has 1 saturated carbocycles. The molecular weight excluding hydrogens is 286 g/mol. The van der Waals surface area contributed by atoms with Crippen LogP contribution in [0.3, 0.4) is 0 Å². The first-order valence-electron chi connectivity index (χ1n) is 8.32. The average Bonchev–Trinajstić information content (AvgIpc) is 2.54. The second-order valence-corrected chi connectivity index (χ2v) is 6.05. The van der Waals surface area contributed by atoms with Crippen molar-refractivity contribution in [3.8, 4) is 0 Å². The first-order valence-corrected chi connectivity index (χ1v) is 8.32. The van der Waals surface area contributed by atoms with Crippen LogP contribution < -0.4 is 10.6 Å². The van der Waals surface area contributed by atoms with Gasteiger partial charge in [0.25, 0.3) is 0 Å². The molecule has 1 aromatic heterocycles. The monoisotopic (exact) mass is 309 g/mol. The van der Waals surface area contributed by atoms with E-state index in [2.05, 4.69) is 27.8 Å². The molecule has 0 aliphatic heterocycles. The van der Waals surface area contributed by atoms with Crippen LogP contribution >= 0.6 is 0 Å². The van der Waals surface area contributed by atoms with Gasteiger partial charge in [-0.15, -0.1) is 0 Å². The molecule has 120 valence electrons. The smallest absolute Gasteiger partial charge is 0.315 e. The van der Waals surface area contributed by atoms with Crippen molar-refractivity contribution < 1.29 is 4.79 Å². The molecule has 2 N–H and O–H groups in total. The topological polar surface area (TPSA) is 54.0 Å². The Morgan fingerprint density at radius 2 is 1.91 bits per heavy atom. The van der Waals surface area contributed by atoms with Gasteiger partial charge in [-0.05, 0) is 36.5 Å². The van der Waals surface area contributed by atoms with Crippen LogP contribution in [-0.2, 0) is 6.42 Å². The molecule has 1 unspecified atom stereocenters. The fraction of sp³-hybridized carbons (Fsp3) is 0.368. The zero-order valence-corrected chi connectivity index (χ0v) is 13.2. The lowest BCUT2D eigenvalue weighted by molar-refractivity contribution is 0.208. The Bertz CT molecular complexity index is 611. The fourth-order valence-corrected chi connectivity index (χ4v) is 2.95. The molecule has 1 atom stereocenters. The van der Waals surface area contributed by atoms with E-state index in [1.54, 1.807) is 6.20 Å². The number of benzene rings is 1. The Hall–Kier alpha value is -2.36. The summed E-state index contributed by atoms with van der Waals surface area (Å²) in [6, 6.07) is 16.1. The van der Waals surface area contributed by atoms with Crippen LogP contribution in [0.1, 0.15) is 36.6 Å². The van der Waals surface area contributed by atoms with Gasteiger partial charge in [-0.2, -0.15) is 0 Å². The van der Waals surface area contributed by atoms with Crippen molar-refractivity contribution in [1.82, 2.24) is 15.6 Å². The third kappa shape index (κ3) is 4.31. The van der Waals surface area contributed by atoms with Gasteiger partial charge in [0, 0.05) is 24.9 Å². The number of nitrogens with zero attached hydrogens (tertiary/aromatic N) is 1. The first kappa shape index (κ1) is 15.5. The van der Waals surface area contributed by atoms with Gasteiger partial charge >= 0.3 is 6.03 Å². The number of hydrogen-bond acceptors (Lipinski definition) is 2. The van der Waals surface area contributed by atoms with Crippen molar-refractivity contribution in [1.29, 1.82) is 0 Å². The van der Waals surface area contributed by atoms with E-state index in [1.165, 1.54) is 24.8 Å². The molecule has 1 aliphatic carbocycles. The largest absolute Gasteiger partial charge is 0.338 e. The zero-order valence-electron chi connectivity index (χ0n) is 13.2. The Kier molecular flexibility index (Phi) is 5.25. The van der Waals surface area contributed by atoms with Crippen LogP contribution in [0.15, 0.2) is 54.7 Å². The highest BCUT2D eigenvalue weighted by Crippen LogP contribution is 2.37. The summed E-state index contributed by atoms with van der Waals surface area (Å²) in [4.78, 5) is 16.5. The minimum absolute atomic E-state index is 0.0957. The first-order chi connectivity index (χ1) is 11.3. The minimum Gasteiger partial charge on any atom is -0.338 e. The van der Waals surface area contributed by atoms with Crippen molar-refractivity contribution in [3.05, 3.63) is 66.0 Å². The second-order valence-electron chi connectivity index (χ2n) is 6.05. The Balaban J connectivity index is 1.52. The van der Waals surface area contributed by atoms with Crippen LogP contribution in [0.5, 0.6) is 0 Å². The summed E-state index contributed by atoms with van der Waals surface area (Å²) < 4.78 is 0. The minimum atomic E-state index is -0.0957. The predicted octanol–water partition coefficient (Wildman–Crippen LogP) is 3.46. The van der Waals surface area contributed by atoms with Crippen molar-refractivity contribution in [2.45, 2.75) is 31.7 Å². The maximum atomic E-state index is 12.2. The zero-order chi connectivity index (χ0) is 15.9. The van der Waals surface area contributed by atoms with E-state index < -0.39 is 0 Å². The highest BCUT2D eigenvalue weighted by molar-refractivity contribution is 5.74. The summed E-state index contributed by atoms with van der Waals surface area (Å²) in [7, 11) is 0. The molecule has 1 aromatic carbocycles. The quantitative estimate of drug-likeness (QED) is 0.858. The lowest BCUT2D eigenvalue weighted by atomic mass is 9.77. The molecule has 0 saturated heterocycles. The molecule has 4 nitrogen and oxygen atoms in total. The Labute approximate surface area is 137 Å². The maximum Gasteiger partial charge on any atom is 0.315 e. The summed E-state index contributed by atoms with van der Waals surface area (Å²) in [5.74, 6) is 0.555. The summed E-state index contributed by atoms with van der Waals surface area (Å²) in [6.45, 7) is 0.592. The van der Waals surface area contributed by atoms with Gasteiger partial charge < -0.3 is 10.6 Å². The summed E-state index contributed by atoms with van der Waals surface area (Å²) >= 11 is 0. The number of pyridine rings is 1. The molecule has 4 heteroatoms. The predicted molar refractivity (Wildman–Crippen MR) is 91.0 cm³/mol. The van der Waals surface area contributed by atoms with E-state index >= 15 is 0 Å². The van der Waals surface area contributed by atoms with Crippen LogP contribution in [-0.4, -0.2) is 17.6 Å². The van der Waals surface area contributed by atoms with Gasteiger partial charge in [0.1, 0.15) is 0 Å². The average molecular weight is 309 g/mol. The summed E-state index contributed by atoms with van der Waals surface area (Å²) in [6.07, 6.45) is 6.16. The third-order valence-corrected chi connectivity index (χ3v) is 4.46. The van der Waals surface area contributed by atoms with Gasteiger partial charge in [-0.25, -0.2) is 4.79 Å². The van der Waals surface area contributed by atoms with E-state index in [0.717, 1.165) is 12.1 Å². The molecule has 1 aliphatic rings. The molecule has 3 rings (SSSR count). The molecular formula is C19H23N3O. The van der Waals surface area contributed by atoms with E-state index in [0.29, 0.717) is 12.5 Å². The van der Waals surface area contributed by atoms with E-state index in [9.17, 15) is 4.79 Å². The maximum absolute atomic E-state index is 12.2. The fourth-order valence-electron chi connectivity index (χ4n) is 2.95. The van der Waals surface area contributed by atoms with Crippen LogP contribution in [0.25, 0.3) is 0 Å². The molecule has 1 fully saturated rings. The number of hydrogen-bond donors (Lipinski definition) is 2. The summed E-state index contributed by atoms with van der Waals surface area (Å²) in [5, 5.41) is 6.10. The highest BCUT2D eigenvalue weighted by Gasteiger charge is 2.29. The lowest BCUT2D eigenvalue weighted by Gasteiger charge is -2.34. The molecule has 2 aromatic rings. The molecule has 2 amide bonds. The summed E-state index contributed by atoms with van der Waals surface area (Å²) in [5.41, 5.74) is 2.18. The number of carbonyl (C=O) groups is 1. The molecule has 0 radical (unpaired) electrons. The molecule has 1 heterocycles. The SMILES string of the molecule is O=C(NCCc1ccccn1)NC(c1ccccc1)C1CCC1. The van der Waals surface area contributed by atoms with Gasteiger partial charge in [0.05, 0.1) is 6.04 Å². The molecule has 0 bridgehead atoms. The molecule has 0 spiro atoms. The van der Waals surface area contributed by atoms with E-state index in [1.807, 2.05) is 36.4 Å². The Morgan fingerprint density at radius 1 is 1.13 bits per heavy atom. The number of amides is 2. The van der Waals surface area contributed by atoms with Crippen LogP contribution in [0.4, 0.5) is 4.79 Å². The highest BCUT2D eigenvalue weighted by atomic mass is 16.2. The van der Waals surface area contributed by atoms with Gasteiger partial charge in [-0.3, -0.25) is 4.98 Å². The van der Waals surface area contributed by atoms with E-state index in [-0.39, 0.29) is 12.1 Å². The number of rotatable bonds is 6.